The van der Waals surface area contributed by atoms with Gasteiger partial charge in [0, 0.05) is 0 Å². The lowest BCUT2D eigenvalue weighted by atomic mass is 9.54. The number of sulfonamides is 2. The Morgan fingerprint density at radius 2 is 0.795 bits per heavy atom. The van der Waals surface area contributed by atoms with Crippen LogP contribution in [0.25, 0.3) is 0 Å². The number of rotatable bonds is 8. The Morgan fingerprint density at radius 3 is 1.03 bits per heavy atom. The van der Waals surface area contributed by atoms with Crippen molar-refractivity contribution in [2.75, 3.05) is 0 Å². The molecule has 0 aromatic rings. The summed E-state index contributed by atoms with van der Waals surface area (Å²) in [4.78, 5) is 24.8. The molecule has 220 valence electrons. The van der Waals surface area contributed by atoms with Crippen LogP contribution in [0.15, 0.2) is 0 Å². The Bertz CT molecular complexity index is 1130. The quantitative estimate of drug-likeness (QED) is 0.331. The van der Waals surface area contributed by atoms with Gasteiger partial charge in [-0.1, -0.05) is 4.13 Å². The standard InChI is InChI=1S/C24H31F4NO8S2/c25-23(26,19(30)36-21-7-13-1-14(8-21)3-15(2-13)9-21)38(32,33)29-39(34,35)24(27,28)20(31)37-22-10-16-4-17(11-22)6-18(5-16)12-22/h13-18,29H,1-12H2. The van der Waals surface area contributed by atoms with E-state index in [4.69, 9.17) is 9.47 Å². The molecule has 0 radical (unpaired) electrons. The first-order valence-electron chi connectivity index (χ1n) is 13.4. The Balaban J connectivity index is 1.15. The maximum Gasteiger partial charge on any atom is 0.455 e. The van der Waals surface area contributed by atoms with Gasteiger partial charge < -0.3 is 9.47 Å². The van der Waals surface area contributed by atoms with E-state index in [-0.39, 0.29) is 78.2 Å². The van der Waals surface area contributed by atoms with Gasteiger partial charge >= 0.3 is 42.5 Å². The van der Waals surface area contributed by atoms with E-state index in [0.29, 0.717) is 0 Å². The summed E-state index contributed by atoms with van der Waals surface area (Å²) in [6.45, 7) is 0. The first-order valence-corrected chi connectivity index (χ1v) is 16.4. The van der Waals surface area contributed by atoms with Crippen molar-refractivity contribution in [3.63, 3.8) is 0 Å². The first kappa shape index (κ1) is 27.7. The maximum absolute atomic E-state index is 14.8. The number of alkyl halides is 4. The number of hydrogen-bond donors (Lipinski definition) is 1. The number of carbonyl (C=O) groups excluding carboxylic acids is 2. The highest BCUT2D eigenvalue weighted by Gasteiger charge is 2.65. The van der Waals surface area contributed by atoms with Crippen LogP contribution in [0.1, 0.15) is 77.0 Å². The fourth-order valence-electron chi connectivity index (χ4n) is 9.29. The number of carbonyl (C=O) groups is 2. The van der Waals surface area contributed by atoms with Crippen molar-refractivity contribution >= 4 is 32.0 Å². The number of ether oxygens (including phenoxy) is 2. The number of esters is 2. The van der Waals surface area contributed by atoms with E-state index in [1.807, 2.05) is 0 Å². The lowest BCUT2D eigenvalue weighted by Gasteiger charge is -2.55. The largest absolute Gasteiger partial charge is 0.455 e. The van der Waals surface area contributed by atoms with Crippen LogP contribution >= 0.6 is 0 Å². The minimum Gasteiger partial charge on any atom is -0.454 e. The lowest BCUT2D eigenvalue weighted by molar-refractivity contribution is -0.201. The van der Waals surface area contributed by atoms with Crippen LogP contribution in [0.2, 0.25) is 0 Å². The predicted octanol–water partition coefficient (Wildman–Crippen LogP) is 3.45. The van der Waals surface area contributed by atoms with Crippen LogP contribution in [0.4, 0.5) is 17.6 Å². The van der Waals surface area contributed by atoms with E-state index in [0.717, 1.165) is 38.5 Å². The zero-order valence-corrected chi connectivity index (χ0v) is 22.7. The highest BCUT2D eigenvalue weighted by molar-refractivity contribution is 8.06. The first-order chi connectivity index (χ1) is 17.9. The third-order valence-electron chi connectivity index (χ3n) is 9.95. The molecule has 0 aromatic carbocycles. The Morgan fingerprint density at radius 1 is 0.564 bits per heavy atom. The van der Waals surface area contributed by atoms with Crippen molar-refractivity contribution < 1.29 is 53.5 Å². The minimum atomic E-state index is -6.60. The summed E-state index contributed by atoms with van der Waals surface area (Å²) < 4.78 is 119. The molecule has 0 heterocycles. The molecule has 8 aliphatic rings. The fourth-order valence-corrected chi connectivity index (χ4v) is 11.8. The average Bonchev–Trinajstić information content (AvgIpc) is 2.75. The summed E-state index contributed by atoms with van der Waals surface area (Å²) in [5.41, 5.74) is -2.59. The van der Waals surface area contributed by atoms with Gasteiger partial charge in [0.1, 0.15) is 11.2 Å². The second-order valence-corrected chi connectivity index (χ2v) is 16.8. The lowest BCUT2D eigenvalue weighted by Crippen LogP contribution is -2.59. The Kier molecular flexibility index (Phi) is 6.05. The second-order valence-electron chi connectivity index (χ2n) is 13.1. The van der Waals surface area contributed by atoms with Crippen LogP contribution in [-0.2, 0) is 39.1 Å². The predicted molar refractivity (Wildman–Crippen MR) is 125 cm³/mol. The van der Waals surface area contributed by atoms with Gasteiger partial charge in [-0.25, -0.2) is 26.4 Å². The van der Waals surface area contributed by atoms with Gasteiger partial charge in [0.2, 0.25) is 0 Å². The number of nitrogens with one attached hydrogen (secondary N) is 1. The van der Waals surface area contributed by atoms with E-state index in [2.05, 4.69) is 0 Å². The Hall–Kier alpha value is -1.48. The minimum absolute atomic E-state index is 0.145. The average molecular weight is 602 g/mol. The molecule has 8 saturated carbocycles. The zero-order chi connectivity index (χ0) is 28.2. The van der Waals surface area contributed by atoms with Crippen molar-refractivity contribution in [3.8, 4) is 0 Å². The molecule has 0 saturated heterocycles. The summed E-state index contributed by atoms with van der Waals surface area (Å²) in [6.07, 6.45) is 6.84. The molecule has 0 spiro atoms. The van der Waals surface area contributed by atoms with Crippen LogP contribution in [0.5, 0.6) is 0 Å². The van der Waals surface area contributed by atoms with Crippen molar-refractivity contribution in [1.29, 1.82) is 0 Å². The highest BCUT2D eigenvalue weighted by atomic mass is 32.3. The third-order valence-corrected chi connectivity index (χ3v) is 13.4. The SMILES string of the molecule is O=C(OC12CC3CC(CC(C3)C1)C2)C(F)(F)S(=O)(=O)NS(=O)(=O)C(F)(F)C(=O)OC12CC3CC(CC(C3)C1)C2. The van der Waals surface area contributed by atoms with E-state index in [1.165, 1.54) is 0 Å². The van der Waals surface area contributed by atoms with Gasteiger partial charge in [0.05, 0.1) is 0 Å². The topological polar surface area (TPSA) is 133 Å². The molecular weight excluding hydrogens is 570 g/mol. The molecule has 8 aliphatic carbocycles. The van der Waals surface area contributed by atoms with Gasteiger partial charge in [-0.3, -0.25) is 0 Å². The van der Waals surface area contributed by atoms with Crippen LogP contribution in [-0.4, -0.2) is 50.5 Å². The van der Waals surface area contributed by atoms with Gasteiger partial charge in [-0.2, -0.15) is 17.6 Å². The van der Waals surface area contributed by atoms with Crippen molar-refractivity contribution in [3.05, 3.63) is 0 Å². The molecule has 8 fully saturated rings. The van der Waals surface area contributed by atoms with Gasteiger partial charge in [-0.05, 0) is 113 Å². The summed E-state index contributed by atoms with van der Waals surface area (Å²) in [6, 6.07) is 0. The molecule has 0 atom stereocenters. The molecule has 39 heavy (non-hydrogen) atoms. The highest BCUT2D eigenvalue weighted by Crippen LogP contribution is 2.58. The monoisotopic (exact) mass is 601 g/mol. The number of hydrogen-bond acceptors (Lipinski definition) is 8. The molecule has 1 N–H and O–H groups in total. The summed E-state index contributed by atoms with van der Waals surface area (Å²) in [7, 11) is -13.2. The summed E-state index contributed by atoms with van der Waals surface area (Å²) in [5, 5.41) is -11.0. The molecule has 8 rings (SSSR count). The van der Waals surface area contributed by atoms with Crippen LogP contribution < -0.4 is 4.13 Å². The molecule has 15 heteroatoms. The molecular formula is C24H31F4NO8S2. The van der Waals surface area contributed by atoms with Crippen molar-refractivity contribution in [1.82, 2.24) is 4.13 Å². The summed E-state index contributed by atoms with van der Waals surface area (Å²) >= 11 is 0. The van der Waals surface area contributed by atoms with Crippen molar-refractivity contribution in [2.24, 2.45) is 35.5 Å². The maximum atomic E-state index is 14.8. The molecule has 9 nitrogen and oxygen atoms in total. The number of halogens is 4. The second kappa shape index (κ2) is 8.52. The van der Waals surface area contributed by atoms with Crippen LogP contribution in [0.3, 0.4) is 0 Å². The van der Waals surface area contributed by atoms with Crippen molar-refractivity contribution in [2.45, 2.75) is 98.8 Å². The van der Waals surface area contributed by atoms with Gasteiger partial charge in [0.15, 0.2) is 0 Å². The van der Waals surface area contributed by atoms with E-state index >= 15 is 0 Å². The smallest absolute Gasteiger partial charge is 0.454 e. The van der Waals surface area contributed by atoms with E-state index in [9.17, 15) is 44.0 Å². The molecule has 0 aliphatic heterocycles. The normalized spacial score (nSPS) is 41.0. The van der Waals surface area contributed by atoms with E-state index in [1.54, 1.807) is 0 Å². The molecule has 8 bridgehead atoms. The van der Waals surface area contributed by atoms with Crippen LogP contribution in [0, 0.1) is 35.5 Å². The Labute approximate surface area is 223 Å². The summed E-state index contributed by atoms with van der Waals surface area (Å²) in [5.74, 6) is -4.20. The fraction of sp³-hybridized carbons (Fsp3) is 0.917. The van der Waals surface area contributed by atoms with Gasteiger partial charge in [0.25, 0.3) is 0 Å². The van der Waals surface area contributed by atoms with Gasteiger partial charge in [-0.15, -0.1) is 0 Å². The molecule has 0 aromatic heterocycles. The third kappa shape index (κ3) is 4.48. The molecule has 0 amide bonds. The zero-order valence-electron chi connectivity index (χ0n) is 21.0. The molecule has 0 unspecified atom stereocenters. The van der Waals surface area contributed by atoms with E-state index < -0.39 is 53.7 Å².